The van der Waals surface area contributed by atoms with Crippen molar-refractivity contribution in [1.29, 1.82) is 0 Å². The summed E-state index contributed by atoms with van der Waals surface area (Å²) in [7, 11) is 0. The quantitative estimate of drug-likeness (QED) is 0.874. The number of benzene rings is 2. The highest BCUT2D eigenvalue weighted by atomic mass is 16.4. The van der Waals surface area contributed by atoms with Crippen molar-refractivity contribution in [2.45, 2.75) is 26.3 Å². The maximum atomic E-state index is 11.1. The average Bonchev–Trinajstić information content (AvgIpc) is 2.47. The van der Waals surface area contributed by atoms with Gasteiger partial charge in [0, 0.05) is 12.2 Å². The Labute approximate surface area is 125 Å². The van der Waals surface area contributed by atoms with Gasteiger partial charge in [-0.15, -0.1) is 0 Å². The molecule has 1 N–H and O–H groups in total. The number of carbonyl (C=O) groups is 1. The van der Waals surface area contributed by atoms with Crippen molar-refractivity contribution in [1.82, 2.24) is 0 Å². The first kappa shape index (κ1) is 15.1. The Bertz CT molecular complexity index is 576. The van der Waals surface area contributed by atoms with Gasteiger partial charge in [0.15, 0.2) is 0 Å². The Morgan fingerprint density at radius 2 is 1.67 bits per heavy atom. The summed E-state index contributed by atoms with van der Waals surface area (Å²) in [5.41, 5.74) is 3.33. The van der Waals surface area contributed by atoms with E-state index in [4.69, 9.17) is 5.11 Å². The molecule has 0 spiro atoms. The van der Waals surface area contributed by atoms with Gasteiger partial charge in [0.2, 0.25) is 0 Å². The number of carboxylic acids is 1. The molecule has 2 aromatic carbocycles. The van der Waals surface area contributed by atoms with Gasteiger partial charge in [-0.3, -0.25) is 4.79 Å². The smallest absolute Gasteiger partial charge is 0.323 e. The van der Waals surface area contributed by atoms with Crippen LogP contribution in [0.2, 0.25) is 0 Å². The van der Waals surface area contributed by atoms with Gasteiger partial charge < -0.3 is 10.0 Å². The first-order chi connectivity index (χ1) is 10.1. The molecule has 0 aliphatic rings. The van der Waals surface area contributed by atoms with E-state index in [9.17, 15) is 4.79 Å². The summed E-state index contributed by atoms with van der Waals surface area (Å²) in [5.74, 6) is -0.319. The Morgan fingerprint density at radius 3 is 2.19 bits per heavy atom. The van der Waals surface area contributed by atoms with Crippen molar-refractivity contribution < 1.29 is 9.90 Å². The molecule has 21 heavy (non-hydrogen) atoms. The highest BCUT2D eigenvalue weighted by molar-refractivity contribution is 5.73. The Kier molecular flexibility index (Phi) is 4.99. The number of nitrogens with zero attached hydrogens (tertiary/aromatic N) is 1. The third kappa shape index (κ3) is 4.35. The van der Waals surface area contributed by atoms with E-state index in [-0.39, 0.29) is 6.54 Å². The molecule has 0 aliphatic heterocycles. The summed E-state index contributed by atoms with van der Waals surface area (Å²) in [6.45, 7) is 4.91. The van der Waals surface area contributed by atoms with Gasteiger partial charge in [0.25, 0.3) is 0 Å². The van der Waals surface area contributed by atoms with Crippen LogP contribution in [0.3, 0.4) is 0 Å². The molecule has 2 aromatic rings. The molecule has 0 radical (unpaired) electrons. The summed E-state index contributed by atoms with van der Waals surface area (Å²) in [6.07, 6.45) is 0. The van der Waals surface area contributed by atoms with Crippen LogP contribution in [0.4, 0.5) is 5.69 Å². The highest BCUT2D eigenvalue weighted by Gasteiger charge is 2.11. The monoisotopic (exact) mass is 283 g/mol. The van der Waals surface area contributed by atoms with Crippen LogP contribution in [0.25, 0.3) is 0 Å². The van der Waals surface area contributed by atoms with Crippen molar-refractivity contribution >= 4 is 11.7 Å². The van der Waals surface area contributed by atoms with E-state index in [1.165, 1.54) is 5.56 Å². The van der Waals surface area contributed by atoms with E-state index >= 15 is 0 Å². The molecule has 0 aromatic heterocycles. The number of aliphatic carboxylic acids is 1. The predicted octanol–water partition coefficient (Wildman–Crippen LogP) is 3.90. The summed E-state index contributed by atoms with van der Waals surface area (Å²) < 4.78 is 0. The lowest BCUT2D eigenvalue weighted by Gasteiger charge is -2.23. The SMILES string of the molecule is CC(C)c1ccc(CN(CC(=O)O)c2ccccc2)cc1. The second kappa shape index (κ2) is 6.93. The number of anilines is 1. The molecular formula is C18H21NO2. The Balaban J connectivity index is 2.17. The lowest BCUT2D eigenvalue weighted by molar-refractivity contribution is -0.135. The molecule has 3 nitrogen and oxygen atoms in total. The standard InChI is InChI=1S/C18H21NO2/c1-14(2)16-10-8-15(9-11-16)12-19(13-18(20)21)17-6-4-3-5-7-17/h3-11,14H,12-13H2,1-2H3,(H,20,21). The molecule has 0 saturated carbocycles. The van der Waals surface area contributed by atoms with Crippen molar-refractivity contribution in [3.63, 3.8) is 0 Å². The third-order valence-electron chi connectivity index (χ3n) is 3.47. The van der Waals surface area contributed by atoms with E-state index in [2.05, 4.69) is 38.1 Å². The van der Waals surface area contributed by atoms with Crippen molar-refractivity contribution in [3.05, 3.63) is 65.7 Å². The van der Waals surface area contributed by atoms with Gasteiger partial charge in [-0.2, -0.15) is 0 Å². The zero-order valence-corrected chi connectivity index (χ0v) is 12.5. The van der Waals surface area contributed by atoms with Crippen molar-refractivity contribution in [2.24, 2.45) is 0 Å². The highest BCUT2D eigenvalue weighted by Crippen LogP contribution is 2.19. The van der Waals surface area contributed by atoms with Gasteiger partial charge in [-0.05, 0) is 29.2 Å². The number of hydrogen-bond acceptors (Lipinski definition) is 2. The second-order valence-electron chi connectivity index (χ2n) is 5.48. The van der Waals surface area contributed by atoms with Gasteiger partial charge in [-0.1, -0.05) is 56.3 Å². The predicted molar refractivity (Wildman–Crippen MR) is 85.7 cm³/mol. The summed E-state index contributed by atoms with van der Waals surface area (Å²) >= 11 is 0. The first-order valence-corrected chi connectivity index (χ1v) is 7.17. The third-order valence-corrected chi connectivity index (χ3v) is 3.47. The van der Waals surface area contributed by atoms with E-state index in [0.717, 1.165) is 11.3 Å². The lowest BCUT2D eigenvalue weighted by Crippen LogP contribution is -2.29. The average molecular weight is 283 g/mol. The molecule has 0 saturated heterocycles. The molecular weight excluding hydrogens is 262 g/mol. The fourth-order valence-corrected chi connectivity index (χ4v) is 2.27. The number of rotatable bonds is 6. The summed E-state index contributed by atoms with van der Waals surface area (Å²) in [5, 5.41) is 9.10. The first-order valence-electron chi connectivity index (χ1n) is 7.17. The Hall–Kier alpha value is -2.29. The van der Waals surface area contributed by atoms with Crippen molar-refractivity contribution in [3.8, 4) is 0 Å². The zero-order chi connectivity index (χ0) is 15.2. The minimum atomic E-state index is -0.822. The van der Waals surface area contributed by atoms with Gasteiger partial charge in [0.05, 0.1) is 0 Å². The number of para-hydroxylation sites is 1. The van der Waals surface area contributed by atoms with Crippen LogP contribution in [-0.4, -0.2) is 17.6 Å². The molecule has 0 amide bonds. The second-order valence-corrected chi connectivity index (χ2v) is 5.48. The zero-order valence-electron chi connectivity index (χ0n) is 12.5. The van der Waals surface area contributed by atoms with Crippen LogP contribution in [-0.2, 0) is 11.3 Å². The van der Waals surface area contributed by atoms with Crippen LogP contribution < -0.4 is 4.90 Å². The van der Waals surface area contributed by atoms with Crippen LogP contribution in [0.5, 0.6) is 0 Å². The fraction of sp³-hybridized carbons (Fsp3) is 0.278. The van der Waals surface area contributed by atoms with Crippen LogP contribution in [0, 0.1) is 0 Å². The van der Waals surface area contributed by atoms with Gasteiger partial charge in [0.1, 0.15) is 6.54 Å². The molecule has 0 bridgehead atoms. The summed E-state index contributed by atoms with van der Waals surface area (Å²) in [6, 6.07) is 18.0. The maximum absolute atomic E-state index is 11.1. The molecule has 110 valence electrons. The minimum Gasteiger partial charge on any atom is -0.480 e. The molecule has 0 fully saturated rings. The Morgan fingerprint density at radius 1 is 1.05 bits per heavy atom. The van der Waals surface area contributed by atoms with E-state index < -0.39 is 5.97 Å². The van der Waals surface area contributed by atoms with Crippen LogP contribution in [0.1, 0.15) is 30.9 Å². The topological polar surface area (TPSA) is 40.5 Å². The van der Waals surface area contributed by atoms with E-state index in [1.807, 2.05) is 35.2 Å². The number of hydrogen-bond donors (Lipinski definition) is 1. The number of carboxylic acid groups (broad SMARTS) is 1. The van der Waals surface area contributed by atoms with Crippen LogP contribution in [0.15, 0.2) is 54.6 Å². The van der Waals surface area contributed by atoms with E-state index in [0.29, 0.717) is 12.5 Å². The molecule has 0 atom stereocenters. The largest absolute Gasteiger partial charge is 0.480 e. The van der Waals surface area contributed by atoms with Crippen molar-refractivity contribution in [2.75, 3.05) is 11.4 Å². The normalized spacial score (nSPS) is 10.6. The fourth-order valence-electron chi connectivity index (χ4n) is 2.27. The minimum absolute atomic E-state index is 0.00402. The molecule has 2 rings (SSSR count). The maximum Gasteiger partial charge on any atom is 0.323 e. The van der Waals surface area contributed by atoms with E-state index in [1.54, 1.807) is 0 Å². The van der Waals surface area contributed by atoms with Crippen LogP contribution >= 0.6 is 0 Å². The molecule has 3 heteroatoms. The summed E-state index contributed by atoms with van der Waals surface area (Å²) in [4.78, 5) is 12.9. The van der Waals surface area contributed by atoms with Gasteiger partial charge >= 0.3 is 5.97 Å². The van der Waals surface area contributed by atoms with Gasteiger partial charge in [-0.25, -0.2) is 0 Å². The molecule has 0 unspecified atom stereocenters. The molecule has 0 aliphatic carbocycles. The lowest BCUT2D eigenvalue weighted by atomic mass is 10.0. The molecule has 0 heterocycles.